The monoisotopic (exact) mass is 412 g/mol. The van der Waals surface area contributed by atoms with Crippen LogP contribution in [-0.2, 0) is 16.1 Å². The number of benzene rings is 2. The molecular weight excluding hydrogens is 380 g/mol. The molecule has 6 heteroatoms. The molecule has 0 atom stereocenters. The summed E-state index contributed by atoms with van der Waals surface area (Å²) in [7, 11) is 0. The van der Waals surface area contributed by atoms with Crippen LogP contribution >= 0.6 is 0 Å². The van der Waals surface area contributed by atoms with Gasteiger partial charge >= 0.3 is 6.09 Å². The van der Waals surface area contributed by atoms with Gasteiger partial charge in [0.05, 0.1) is 6.61 Å². The molecule has 0 fully saturated rings. The SMILES string of the molecule is CCCCOc1ccc(NC(=O)CN(Cc2ccccc2)C(=O)OC(C)(C)C)cc1. The topological polar surface area (TPSA) is 67.9 Å². The van der Waals surface area contributed by atoms with Crippen LogP contribution in [-0.4, -0.2) is 35.7 Å². The lowest BCUT2D eigenvalue weighted by atomic mass is 10.2. The average Bonchev–Trinajstić information content (AvgIpc) is 2.68. The molecule has 2 aromatic carbocycles. The van der Waals surface area contributed by atoms with Crippen LogP contribution in [0.2, 0.25) is 0 Å². The van der Waals surface area contributed by atoms with E-state index in [1.54, 1.807) is 32.9 Å². The molecule has 0 radical (unpaired) electrons. The van der Waals surface area contributed by atoms with E-state index in [2.05, 4.69) is 12.2 Å². The van der Waals surface area contributed by atoms with Gasteiger partial charge in [-0.3, -0.25) is 9.69 Å². The third-order valence-corrected chi connectivity index (χ3v) is 4.11. The molecule has 0 aliphatic heterocycles. The number of nitrogens with zero attached hydrogens (tertiary/aromatic N) is 1. The standard InChI is InChI=1S/C24H32N2O4/c1-5-6-16-29-21-14-12-20(13-15-21)25-22(27)18-26(23(28)30-24(2,3)4)17-19-10-8-7-9-11-19/h7-15H,5-6,16-18H2,1-4H3,(H,25,27). The van der Waals surface area contributed by atoms with Gasteiger partial charge < -0.3 is 14.8 Å². The van der Waals surface area contributed by atoms with Crippen LogP contribution in [0.15, 0.2) is 54.6 Å². The molecule has 0 aromatic heterocycles. The maximum atomic E-state index is 12.6. The molecule has 162 valence electrons. The number of nitrogens with one attached hydrogen (secondary N) is 1. The molecule has 0 unspecified atom stereocenters. The van der Waals surface area contributed by atoms with Crippen LogP contribution in [0, 0.1) is 0 Å². The van der Waals surface area contributed by atoms with Crippen molar-refractivity contribution in [2.45, 2.75) is 52.7 Å². The van der Waals surface area contributed by atoms with Crippen molar-refractivity contribution in [2.24, 2.45) is 0 Å². The summed E-state index contributed by atoms with van der Waals surface area (Å²) in [5.74, 6) is 0.470. The molecule has 2 rings (SSSR count). The highest BCUT2D eigenvalue weighted by Gasteiger charge is 2.24. The second-order valence-corrected chi connectivity index (χ2v) is 8.10. The Labute approximate surface area is 179 Å². The van der Waals surface area contributed by atoms with Crippen LogP contribution in [0.4, 0.5) is 10.5 Å². The van der Waals surface area contributed by atoms with Crippen LogP contribution in [0.25, 0.3) is 0 Å². The first-order valence-corrected chi connectivity index (χ1v) is 10.3. The lowest BCUT2D eigenvalue weighted by molar-refractivity contribution is -0.117. The van der Waals surface area contributed by atoms with E-state index in [9.17, 15) is 9.59 Å². The van der Waals surface area contributed by atoms with Crippen molar-refractivity contribution in [1.82, 2.24) is 4.90 Å². The smallest absolute Gasteiger partial charge is 0.411 e. The van der Waals surface area contributed by atoms with Gasteiger partial charge in [0, 0.05) is 12.2 Å². The number of hydrogen-bond donors (Lipinski definition) is 1. The molecule has 0 saturated carbocycles. The van der Waals surface area contributed by atoms with Crippen LogP contribution in [0.3, 0.4) is 0 Å². The number of anilines is 1. The summed E-state index contributed by atoms with van der Waals surface area (Å²) < 4.78 is 11.1. The largest absolute Gasteiger partial charge is 0.494 e. The fourth-order valence-electron chi connectivity index (χ4n) is 2.66. The van der Waals surface area contributed by atoms with Crippen molar-refractivity contribution in [3.8, 4) is 5.75 Å². The Morgan fingerprint density at radius 3 is 2.27 bits per heavy atom. The van der Waals surface area contributed by atoms with Crippen molar-refractivity contribution in [3.63, 3.8) is 0 Å². The second-order valence-electron chi connectivity index (χ2n) is 8.10. The zero-order chi connectivity index (χ0) is 22.0. The van der Waals surface area contributed by atoms with E-state index in [-0.39, 0.29) is 19.0 Å². The molecule has 6 nitrogen and oxygen atoms in total. The summed E-state index contributed by atoms with van der Waals surface area (Å²) in [6, 6.07) is 16.7. The van der Waals surface area contributed by atoms with Gasteiger partial charge in [-0.25, -0.2) is 4.79 Å². The van der Waals surface area contributed by atoms with Gasteiger partial charge in [-0.1, -0.05) is 43.7 Å². The normalized spacial score (nSPS) is 10.9. The molecule has 30 heavy (non-hydrogen) atoms. The number of hydrogen-bond acceptors (Lipinski definition) is 4. The minimum absolute atomic E-state index is 0.113. The predicted octanol–water partition coefficient (Wildman–Crippen LogP) is 5.24. The highest BCUT2D eigenvalue weighted by molar-refractivity contribution is 5.93. The van der Waals surface area contributed by atoms with Gasteiger partial charge in [0.1, 0.15) is 17.9 Å². The third-order valence-electron chi connectivity index (χ3n) is 4.11. The number of rotatable bonds is 9. The van der Waals surface area contributed by atoms with Gasteiger partial charge in [-0.2, -0.15) is 0 Å². The fraction of sp³-hybridized carbons (Fsp3) is 0.417. The Morgan fingerprint density at radius 2 is 1.67 bits per heavy atom. The molecule has 0 saturated heterocycles. The average molecular weight is 413 g/mol. The minimum atomic E-state index is -0.643. The molecule has 2 amide bonds. The van der Waals surface area contributed by atoms with Crippen LogP contribution in [0.5, 0.6) is 5.75 Å². The lowest BCUT2D eigenvalue weighted by Gasteiger charge is -2.27. The van der Waals surface area contributed by atoms with E-state index in [4.69, 9.17) is 9.47 Å². The summed E-state index contributed by atoms with van der Waals surface area (Å²) >= 11 is 0. The molecular formula is C24H32N2O4. The van der Waals surface area contributed by atoms with Crippen LogP contribution in [0.1, 0.15) is 46.1 Å². The zero-order valence-corrected chi connectivity index (χ0v) is 18.3. The second kappa shape index (κ2) is 11.2. The molecule has 0 aliphatic carbocycles. The predicted molar refractivity (Wildman–Crippen MR) is 119 cm³/mol. The van der Waals surface area contributed by atoms with E-state index < -0.39 is 11.7 Å². The molecule has 2 aromatic rings. The van der Waals surface area contributed by atoms with Gasteiger partial charge in [0.2, 0.25) is 5.91 Å². The number of amides is 2. The highest BCUT2D eigenvalue weighted by Crippen LogP contribution is 2.17. The number of ether oxygens (including phenoxy) is 2. The van der Waals surface area contributed by atoms with Crippen molar-refractivity contribution < 1.29 is 19.1 Å². The Hall–Kier alpha value is -3.02. The van der Waals surface area contributed by atoms with Crippen LogP contribution < -0.4 is 10.1 Å². The molecule has 0 aliphatic rings. The van der Waals surface area contributed by atoms with E-state index in [1.807, 2.05) is 42.5 Å². The van der Waals surface area contributed by atoms with Crippen molar-refractivity contribution in [2.75, 3.05) is 18.5 Å². The van der Waals surface area contributed by atoms with E-state index >= 15 is 0 Å². The third kappa shape index (κ3) is 8.55. The Bertz CT molecular complexity index is 798. The first-order chi connectivity index (χ1) is 14.3. The van der Waals surface area contributed by atoms with E-state index in [0.29, 0.717) is 12.3 Å². The quantitative estimate of drug-likeness (QED) is 0.572. The van der Waals surface area contributed by atoms with Gasteiger partial charge in [-0.15, -0.1) is 0 Å². The fourth-order valence-corrected chi connectivity index (χ4v) is 2.66. The van der Waals surface area contributed by atoms with Crippen molar-refractivity contribution >= 4 is 17.7 Å². The van der Waals surface area contributed by atoms with Gasteiger partial charge in [-0.05, 0) is 57.0 Å². The van der Waals surface area contributed by atoms with Gasteiger partial charge in [0.25, 0.3) is 0 Å². The Morgan fingerprint density at radius 1 is 1.00 bits per heavy atom. The summed E-state index contributed by atoms with van der Waals surface area (Å²) in [6.45, 7) is 8.36. The molecule has 0 heterocycles. The lowest BCUT2D eigenvalue weighted by Crippen LogP contribution is -2.40. The van der Waals surface area contributed by atoms with Crippen molar-refractivity contribution in [3.05, 3.63) is 60.2 Å². The summed E-state index contributed by atoms with van der Waals surface area (Å²) in [5.41, 5.74) is 0.923. The molecule has 0 spiro atoms. The Balaban J connectivity index is 1.99. The highest BCUT2D eigenvalue weighted by atomic mass is 16.6. The molecule has 1 N–H and O–H groups in total. The summed E-state index contributed by atoms with van der Waals surface area (Å²) in [5, 5.41) is 2.83. The summed E-state index contributed by atoms with van der Waals surface area (Å²) in [6.07, 6.45) is 1.55. The number of carbonyl (C=O) groups excluding carboxylic acids is 2. The van der Waals surface area contributed by atoms with Crippen molar-refractivity contribution in [1.29, 1.82) is 0 Å². The van der Waals surface area contributed by atoms with E-state index in [1.165, 1.54) is 4.90 Å². The number of unbranched alkanes of at least 4 members (excludes halogenated alkanes) is 1. The summed E-state index contributed by atoms with van der Waals surface area (Å²) in [4.78, 5) is 26.6. The maximum absolute atomic E-state index is 12.6. The first-order valence-electron chi connectivity index (χ1n) is 10.3. The Kier molecular flexibility index (Phi) is 8.71. The molecule has 0 bridgehead atoms. The first kappa shape index (κ1) is 23.3. The van der Waals surface area contributed by atoms with E-state index in [0.717, 1.165) is 24.2 Å². The zero-order valence-electron chi connectivity index (χ0n) is 18.3. The minimum Gasteiger partial charge on any atom is -0.494 e. The maximum Gasteiger partial charge on any atom is 0.411 e. The number of carbonyl (C=O) groups is 2. The van der Waals surface area contributed by atoms with Gasteiger partial charge in [0.15, 0.2) is 0 Å².